The summed E-state index contributed by atoms with van der Waals surface area (Å²) in [5.41, 5.74) is 2.83. The Morgan fingerprint density at radius 2 is 2.10 bits per heavy atom. The molecule has 108 valence electrons. The summed E-state index contributed by atoms with van der Waals surface area (Å²) < 4.78 is 0. The first kappa shape index (κ1) is 15.1. The summed E-state index contributed by atoms with van der Waals surface area (Å²) in [6.07, 6.45) is 3.15. The van der Waals surface area contributed by atoms with Crippen LogP contribution in [0.25, 0.3) is 0 Å². The van der Waals surface area contributed by atoms with Gasteiger partial charge in [0.05, 0.1) is 6.61 Å². The number of aliphatic hydroxyl groups excluding tert-OH is 1. The topological polar surface area (TPSA) is 23.5 Å². The average molecular weight is 271 g/mol. The Balaban J connectivity index is 2.08. The Labute approximate surface area is 122 Å². The first-order valence-corrected chi connectivity index (χ1v) is 7.51. The van der Waals surface area contributed by atoms with Crippen LogP contribution < -0.4 is 0 Å². The Kier molecular flexibility index (Phi) is 5.23. The molecule has 20 heavy (non-hydrogen) atoms. The molecule has 1 aliphatic heterocycles. The molecule has 1 heterocycles. The van der Waals surface area contributed by atoms with Gasteiger partial charge in [-0.25, -0.2) is 0 Å². The third kappa shape index (κ3) is 4.37. The van der Waals surface area contributed by atoms with Gasteiger partial charge in [-0.2, -0.15) is 0 Å². The highest BCUT2D eigenvalue weighted by atomic mass is 16.2. The molecule has 0 saturated carbocycles. The van der Waals surface area contributed by atoms with Gasteiger partial charge >= 0.3 is 0 Å². The van der Waals surface area contributed by atoms with Gasteiger partial charge in [-0.3, -0.25) is 4.90 Å². The van der Waals surface area contributed by atoms with Gasteiger partial charge < -0.3 is 5.11 Å². The average Bonchev–Trinajstić information content (AvgIpc) is 2.40. The van der Waals surface area contributed by atoms with Crippen molar-refractivity contribution >= 4 is 0 Å². The van der Waals surface area contributed by atoms with Crippen molar-refractivity contribution in [3.63, 3.8) is 0 Å². The number of hydrogen-bond donors (Lipinski definition) is 1. The molecule has 1 fully saturated rings. The van der Waals surface area contributed by atoms with Gasteiger partial charge in [0.1, 0.15) is 0 Å². The quantitative estimate of drug-likeness (QED) is 0.854. The lowest BCUT2D eigenvalue weighted by atomic mass is 9.84. The second-order valence-corrected chi connectivity index (χ2v) is 6.41. The zero-order chi connectivity index (χ0) is 14.4. The summed E-state index contributed by atoms with van der Waals surface area (Å²) in [5.74, 6) is 6.21. The van der Waals surface area contributed by atoms with Gasteiger partial charge in [0.25, 0.3) is 0 Å². The number of piperidine rings is 1. The predicted octanol–water partition coefficient (Wildman–Crippen LogP) is 3.04. The van der Waals surface area contributed by atoms with Crippen LogP contribution >= 0.6 is 0 Å². The highest BCUT2D eigenvalue weighted by Gasteiger charge is 2.26. The number of benzene rings is 1. The summed E-state index contributed by atoms with van der Waals surface area (Å²) >= 11 is 0. The molecule has 1 N–H and O–H groups in total. The summed E-state index contributed by atoms with van der Waals surface area (Å²) in [5, 5.41) is 8.82. The van der Waals surface area contributed by atoms with Crippen molar-refractivity contribution in [2.24, 2.45) is 5.41 Å². The molecule has 1 saturated heterocycles. The maximum Gasteiger partial charge on any atom is 0.0540 e. The second kappa shape index (κ2) is 6.92. The fourth-order valence-corrected chi connectivity index (χ4v) is 2.91. The molecule has 1 aliphatic rings. The van der Waals surface area contributed by atoms with Crippen molar-refractivity contribution in [1.29, 1.82) is 0 Å². The smallest absolute Gasteiger partial charge is 0.0540 e. The number of hydrogen-bond acceptors (Lipinski definition) is 2. The van der Waals surface area contributed by atoms with E-state index in [0.29, 0.717) is 11.8 Å². The van der Waals surface area contributed by atoms with Crippen LogP contribution in [0.5, 0.6) is 0 Å². The standard InChI is InChI=1S/C18H25NO/c1-18(2)11-7-12-19(15-18)14-17-10-4-3-8-16(17)9-5-6-13-20/h3-4,8,10,20H,6-7,11-15H2,1-2H3. The predicted molar refractivity (Wildman–Crippen MR) is 83.3 cm³/mol. The van der Waals surface area contributed by atoms with E-state index in [4.69, 9.17) is 5.11 Å². The first-order valence-electron chi connectivity index (χ1n) is 7.51. The van der Waals surface area contributed by atoms with Crippen LogP contribution in [0.15, 0.2) is 24.3 Å². The van der Waals surface area contributed by atoms with Crippen molar-refractivity contribution in [3.05, 3.63) is 35.4 Å². The van der Waals surface area contributed by atoms with E-state index in [0.717, 1.165) is 18.7 Å². The molecule has 0 aliphatic carbocycles. The molecular weight excluding hydrogens is 246 g/mol. The van der Waals surface area contributed by atoms with Crippen LogP contribution in [0, 0.1) is 17.3 Å². The van der Waals surface area contributed by atoms with E-state index in [1.54, 1.807) is 0 Å². The highest BCUT2D eigenvalue weighted by Crippen LogP contribution is 2.29. The molecule has 0 radical (unpaired) electrons. The van der Waals surface area contributed by atoms with Gasteiger partial charge in [0.2, 0.25) is 0 Å². The van der Waals surface area contributed by atoms with Gasteiger partial charge in [-0.1, -0.05) is 43.9 Å². The van der Waals surface area contributed by atoms with Gasteiger partial charge in [-0.05, 0) is 36.4 Å². The SMILES string of the molecule is CC1(C)CCCN(Cc2ccccc2C#CCCO)C1. The monoisotopic (exact) mass is 271 g/mol. The Morgan fingerprint density at radius 1 is 1.30 bits per heavy atom. The second-order valence-electron chi connectivity index (χ2n) is 6.41. The molecular formula is C18H25NO. The Bertz CT molecular complexity index is 496. The lowest BCUT2D eigenvalue weighted by Gasteiger charge is -2.38. The maximum atomic E-state index is 8.82. The van der Waals surface area contributed by atoms with E-state index >= 15 is 0 Å². The van der Waals surface area contributed by atoms with E-state index in [1.807, 2.05) is 6.07 Å². The maximum absolute atomic E-state index is 8.82. The van der Waals surface area contributed by atoms with Gasteiger partial charge in [-0.15, -0.1) is 0 Å². The minimum absolute atomic E-state index is 0.134. The largest absolute Gasteiger partial charge is 0.395 e. The molecule has 1 aromatic carbocycles. The summed E-state index contributed by atoms with van der Waals surface area (Å²) in [6.45, 7) is 8.16. The van der Waals surface area contributed by atoms with Gasteiger partial charge in [0, 0.05) is 25.1 Å². The van der Waals surface area contributed by atoms with Crippen molar-refractivity contribution in [2.75, 3.05) is 19.7 Å². The normalized spacial score (nSPS) is 18.4. The fourth-order valence-electron chi connectivity index (χ4n) is 2.91. The minimum atomic E-state index is 0.134. The van der Waals surface area contributed by atoms with Crippen LogP contribution in [0.3, 0.4) is 0 Å². The van der Waals surface area contributed by atoms with E-state index in [-0.39, 0.29) is 6.61 Å². The van der Waals surface area contributed by atoms with Crippen molar-refractivity contribution in [2.45, 2.75) is 39.7 Å². The summed E-state index contributed by atoms with van der Waals surface area (Å²) in [7, 11) is 0. The van der Waals surface area contributed by atoms with Crippen LogP contribution in [-0.4, -0.2) is 29.7 Å². The number of nitrogens with zero attached hydrogens (tertiary/aromatic N) is 1. The fraction of sp³-hybridized carbons (Fsp3) is 0.556. The van der Waals surface area contributed by atoms with E-state index < -0.39 is 0 Å². The number of aliphatic hydroxyl groups is 1. The molecule has 1 aromatic rings. The number of rotatable bonds is 3. The summed E-state index contributed by atoms with van der Waals surface area (Å²) in [4.78, 5) is 2.54. The molecule has 2 rings (SSSR count). The van der Waals surface area contributed by atoms with E-state index in [9.17, 15) is 0 Å². The zero-order valence-corrected chi connectivity index (χ0v) is 12.7. The molecule has 0 aromatic heterocycles. The third-order valence-corrected chi connectivity index (χ3v) is 3.85. The van der Waals surface area contributed by atoms with Crippen molar-refractivity contribution < 1.29 is 5.11 Å². The molecule has 0 unspecified atom stereocenters. The first-order chi connectivity index (χ1) is 9.61. The number of likely N-dealkylation sites (tertiary alicyclic amines) is 1. The van der Waals surface area contributed by atoms with E-state index in [2.05, 4.69) is 48.8 Å². The lowest BCUT2D eigenvalue weighted by molar-refractivity contribution is 0.111. The molecule has 0 spiro atoms. The Morgan fingerprint density at radius 3 is 2.85 bits per heavy atom. The minimum Gasteiger partial charge on any atom is -0.395 e. The molecule has 0 amide bonds. The van der Waals surface area contributed by atoms with E-state index in [1.165, 1.54) is 24.9 Å². The van der Waals surface area contributed by atoms with Crippen molar-refractivity contribution in [3.8, 4) is 11.8 Å². The van der Waals surface area contributed by atoms with Crippen LogP contribution in [-0.2, 0) is 6.54 Å². The lowest BCUT2D eigenvalue weighted by Crippen LogP contribution is -2.39. The third-order valence-electron chi connectivity index (χ3n) is 3.85. The molecule has 0 atom stereocenters. The molecule has 2 heteroatoms. The zero-order valence-electron chi connectivity index (χ0n) is 12.7. The molecule has 0 bridgehead atoms. The van der Waals surface area contributed by atoms with Crippen LogP contribution in [0.4, 0.5) is 0 Å². The summed E-state index contributed by atoms with van der Waals surface area (Å²) in [6, 6.07) is 8.37. The highest BCUT2D eigenvalue weighted by molar-refractivity contribution is 5.41. The van der Waals surface area contributed by atoms with Crippen LogP contribution in [0.1, 0.15) is 44.2 Å². The van der Waals surface area contributed by atoms with Crippen molar-refractivity contribution in [1.82, 2.24) is 4.90 Å². The molecule has 2 nitrogen and oxygen atoms in total. The van der Waals surface area contributed by atoms with Crippen LogP contribution in [0.2, 0.25) is 0 Å². The van der Waals surface area contributed by atoms with Gasteiger partial charge in [0.15, 0.2) is 0 Å². The Hall–Kier alpha value is -1.30.